The lowest BCUT2D eigenvalue weighted by atomic mass is 9.12. The number of para-hydroxylation sites is 1. The molecule has 74 heavy (non-hydrogen) atoms. The molecular weight excluding hydrogens is 1030 g/mol. The highest BCUT2D eigenvalue weighted by Crippen LogP contribution is 2.31. The van der Waals surface area contributed by atoms with Crippen LogP contribution >= 0.6 is 0 Å². The van der Waals surface area contributed by atoms with E-state index in [-0.39, 0.29) is 0 Å². The van der Waals surface area contributed by atoms with Gasteiger partial charge in [0.2, 0.25) is 6.20 Å². The molecule has 0 amide bonds. The quantitative estimate of drug-likeness (QED) is 0.0165. The topological polar surface area (TPSA) is 13.1 Å². The molecule has 0 aliphatic carbocycles. The lowest BCUT2D eigenvalue weighted by Gasteiger charge is -2.44. The van der Waals surface area contributed by atoms with Gasteiger partial charge in [0.1, 0.15) is 52.7 Å². The second-order valence-corrected chi connectivity index (χ2v) is 17.3. The summed E-state index contributed by atoms with van der Waals surface area (Å²) in [5.74, 6) is -71.4. The van der Waals surface area contributed by atoms with Crippen molar-refractivity contribution in [1.29, 1.82) is 0 Å². The molecular formula is C51H44BF20NO. The van der Waals surface area contributed by atoms with Crippen LogP contribution < -0.4 is 31.4 Å². The number of fused-ring (bicyclic) bond motifs is 1. The Morgan fingerprint density at radius 1 is 0.311 bits per heavy atom. The molecule has 1 aromatic heterocycles. The second-order valence-electron chi connectivity index (χ2n) is 17.3. The van der Waals surface area contributed by atoms with Crippen LogP contribution in [0.15, 0.2) is 42.6 Å². The summed E-state index contributed by atoms with van der Waals surface area (Å²) in [5.41, 5.74) is -13.2. The van der Waals surface area contributed by atoms with E-state index in [0.29, 0.717) is 0 Å². The van der Waals surface area contributed by atoms with Gasteiger partial charge < -0.3 is 0 Å². The fourth-order valence-corrected chi connectivity index (χ4v) is 8.93. The number of rotatable bonds is 22. The minimum Gasteiger partial charge on any atom is -0.271 e. The smallest absolute Gasteiger partial charge is 0.264 e. The molecule has 2 nitrogen and oxygen atoms in total. The average molecular weight is 1080 g/mol. The molecule has 0 fully saturated rings. The fraction of sp³-hybridized carbons (Fsp3) is 0.353. The number of hydrogen-bond donors (Lipinski definition) is 0. The summed E-state index contributed by atoms with van der Waals surface area (Å²) < 4.78 is 296. The standard InChI is InChI=1S/C27H44NO.C24BF20/c1-2-3-4-5-6-7-8-9-10-11-12-13-14-15-16-19-25-29-28-24-20-22-26-21-17-18-23-27(26)28;26-5-1(6(27)14(35)21(42)13(5)34)25(2-7(28)15(36)22(43)16(37)8(2)29,3-9(30)17(38)23(44)18(39)10(3)31)4-11(32)19(40)24(45)20(41)12(4)33/h17-18,20-24H,2-16,19,25H2,1H3;/q+1;-1. The fourth-order valence-electron chi connectivity index (χ4n) is 8.93. The van der Waals surface area contributed by atoms with E-state index in [1.807, 2.05) is 10.9 Å². The van der Waals surface area contributed by atoms with Gasteiger partial charge in [-0.05, 0) is 25.0 Å². The van der Waals surface area contributed by atoms with E-state index < -0.39 is 144 Å². The van der Waals surface area contributed by atoms with Crippen LogP contribution in [0.2, 0.25) is 0 Å². The highest BCUT2D eigenvalue weighted by Gasteiger charge is 2.52. The van der Waals surface area contributed by atoms with Crippen molar-refractivity contribution in [3.05, 3.63) is 159 Å². The van der Waals surface area contributed by atoms with Crippen molar-refractivity contribution in [3.8, 4) is 0 Å². The van der Waals surface area contributed by atoms with E-state index in [9.17, 15) is 52.7 Å². The van der Waals surface area contributed by atoms with E-state index in [0.717, 1.165) is 18.5 Å². The van der Waals surface area contributed by atoms with Crippen molar-refractivity contribution < 1.29 is 97.4 Å². The zero-order valence-electron chi connectivity index (χ0n) is 39.1. The number of unbranched alkanes of at least 4 members (excludes halogenated alkanes) is 15. The van der Waals surface area contributed by atoms with E-state index in [1.165, 1.54) is 102 Å². The second kappa shape index (κ2) is 26.0. The third kappa shape index (κ3) is 11.7. The summed E-state index contributed by atoms with van der Waals surface area (Å²) in [7, 11) is 0. The maximum atomic E-state index is 15.4. The Labute approximate surface area is 410 Å². The maximum Gasteiger partial charge on any atom is 0.264 e. The van der Waals surface area contributed by atoms with Gasteiger partial charge in [-0.25, -0.2) is 87.8 Å². The molecule has 0 unspecified atom stereocenters. The van der Waals surface area contributed by atoms with Crippen LogP contribution in [0, 0.1) is 116 Å². The van der Waals surface area contributed by atoms with Crippen molar-refractivity contribution in [2.24, 2.45) is 0 Å². The van der Waals surface area contributed by atoms with Crippen LogP contribution in [-0.4, -0.2) is 12.8 Å². The molecule has 23 heteroatoms. The Morgan fingerprint density at radius 3 is 0.851 bits per heavy atom. The Hall–Kier alpha value is -6.03. The number of aromatic nitrogens is 1. The predicted molar refractivity (Wildman–Crippen MR) is 234 cm³/mol. The molecule has 0 radical (unpaired) electrons. The van der Waals surface area contributed by atoms with E-state index in [2.05, 4.69) is 43.3 Å². The van der Waals surface area contributed by atoms with Crippen molar-refractivity contribution in [1.82, 2.24) is 0 Å². The lowest BCUT2D eigenvalue weighted by molar-refractivity contribution is -0.871. The molecule has 0 N–H and O–H groups in total. The van der Waals surface area contributed by atoms with Gasteiger partial charge in [0.25, 0.3) is 5.52 Å². The first-order valence-electron chi connectivity index (χ1n) is 23.4. The molecule has 0 bridgehead atoms. The van der Waals surface area contributed by atoms with Crippen LogP contribution in [0.3, 0.4) is 0 Å². The zero-order chi connectivity index (χ0) is 54.8. The van der Waals surface area contributed by atoms with E-state index in [4.69, 9.17) is 4.84 Å². The molecule has 0 saturated carbocycles. The van der Waals surface area contributed by atoms with Crippen molar-refractivity contribution in [3.63, 3.8) is 0 Å². The highest BCUT2D eigenvalue weighted by atomic mass is 19.2. The first-order valence-corrected chi connectivity index (χ1v) is 23.4. The largest absolute Gasteiger partial charge is 0.271 e. The Kier molecular flexibility index (Phi) is 20.6. The SMILES string of the molecule is CCCCCCCCCCCCCCCCCCO[n+]1cccc2ccccc21.Fc1c(F)c(F)c([B-](c2c(F)c(F)c(F)c(F)c2F)(c2c(F)c(F)c(F)c(F)c2F)c2c(F)c(F)c(F)c(F)c2F)c(F)c1F. The Morgan fingerprint density at radius 2 is 0.554 bits per heavy atom. The predicted octanol–water partition coefficient (Wildman–Crippen LogP) is 13.7. The number of nitrogens with zero attached hydrogens (tertiary/aromatic N) is 1. The molecule has 1 heterocycles. The third-order valence-corrected chi connectivity index (χ3v) is 12.6. The third-order valence-electron chi connectivity index (χ3n) is 12.6. The van der Waals surface area contributed by atoms with Crippen LogP contribution in [0.25, 0.3) is 10.9 Å². The Balaban J connectivity index is 0.000000302. The summed E-state index contributed by atoms with van der Waals surface area (Å²) in [4.78, 5) is 5.96. The van der Waals surface area contributed by atoms with Gasteiger partial charge >= 0.3 is 0 Å². The maximum absolute atomic E-state index is 15.4. The van der Waals surface area contributed by atoms with Gasteiger partial charge in [0.15, 0.2) is 76.4 Å². The van der Waals surface area contributed by atoms with E-state index >= 15 is 35.1 Å². The number of hydrogen-bond acceptors (Lipinski definition) is 1. The molecule has 0 spiro atoms. The molecule has 0 aliphatic rings. The summed E-state index contributed by atoms with van der Waals surface area (Å²) in [6, 6.07) is 12.6. The molecule has 0 aliphatic heterocycles. The van der Waals surface area contributed by atoms with Gasteiger partial charge in [-0.1, -0.05) is 109 Å². The first-order chi connectivity index (χ1) is 35.1. The van der Waals surface area contributed by atoms with Crippen LogP contribution in [-0.2, 0) is 0 Å². The van der Waals surface area contributed by atoms with Crippen molar-refractivity contribution in [2.45, 2.75) is 110 Å². The number of halogens is 20. The normalized spacial score (nSPS) is 11.7. The lowest BCUT2D eigenvalue weighted by Crippen LogP contribution is -2.81. The van der Waals surface area contributed by atoms with Gasteiger partial charge in [0.05, 0.1) is 5.39 Å². The van der Waals surface area contributed by atoms with Gasteiger partial charge in [-0.2, -0.15) is 0 Å². The summed E-state index contributed by atoms with van der Waals surface area (Å²) >= 11 is 0. The molecule has 6 aromatic rings. The molecule has 402 valence electrons. The monoisotopic (exact) mass is 1080 g/mol. The first kappa shape index (κ1) is 58.9. The average Bonchev–Trinajstić information content (AvgIpc) is 3.39. The molecule has 0 atom stereocenters. The molecule has 6 rings (SSSR count). The van der Waals surface area contributed by atoms with Gasteiger partial charge in [-0.3, -0.25) is 4.84 Å². The minimum absolute atomic E-state index is 0.803. The van der Waals surface area contributed by atoms with Crippen molar-refractivity contribution >= 4 is 38.9 Å². The van der Waals surface area contributed by atoms with Crippen LogP contribution in [0.5, 0.6) is 0 Å². The molecule has 5 aromatic carbocycles. The number of pyridine rings is 1. The summed E-state index contributed by atoms with van der Waals surface area (Å²) in [5, 5.41) is 1.22. The van der Waals surface area contributed by atoms with Gasteiger partial charge in [-0.15, -0.1) is 21.9 Å². The zero-order valence-corrected chi connectivity index (χ0v) is 39.1. The van der Waals surface area contributed by atoms with Crippen LogP contribution in [0.1, 0.15) is 110 Å². The highest BCUT2D eigenvalue weighted by molar-refractivity contribution is 7.20. The Bertz CT molecular complexity index is 2570. The van der Waals surface area contributed by atoms with Crippen molar-refractivity contribution in [2.75, 3.05) is 6.61 Å². The van der Waals surface area contributed by atoms with E-state index in [1.54, 1.807) is 0 Å². The van der Waals surface area contributed by atoms with Gasteiger partial charge in [0, 0.05) is 16.9 Å². The summed E-state index contributed by atoms with van der Waals surface area (Å²) in [6.45, 7) is 3.10. The number of benzene rings is 5. The molecule has 0 saturated heterocycles. The summed E-state index contributed by atoms with van der Waals surface area (Å²) in [6.07, 6.45) is 17.2. The minimum atomic E-state index is -7.22. The van der Waals surface area contributed by atoms with Crippen LogP contribution in [0.4, 0.5) is 87.8 Å².